The molecule has 0 radical (unpaired) electrons. The number of nitrogens with zero attached hydrogens (tertiary/aromatic N) is 1. The molecular formula is C25H36N2O2. The van der Waals surface area contributed by atoms with Gasteiger partial charge < -0.3 is 10.1 Å². The van der Waals surface area contributed by atoms with Gasteiger partial charge in [0.15, 0.2) is 0 Å². The number of aryl methyl sites for hydroxylation is 1. The van der Waals surface area contributed by atoms with E-state index in [1.807, 2.05) is 0 Å². The fourth-order valence-corrected chi connectivity index (χ4v) is 7.09. The van der Waals surface area contributed by atoms with Crippen molar-refractivity contribution < 1.29 is 9.53 Å². The normalized spacial score (nSPS) is 34.9. The minimum atomic E-state index is -0.0591. The molecule has 1 aromatic carbocycles. The lowest BCUT2D eigenvalue weighted by atomic mass is 9.49. The topological polar surface area (TPSA) is 41.6 Å². The highest BCUT2D eigenvalue weighted by atomic mass is 16.5. The van der Waals surface area contributed by atoms with Gasteiger partial charge in [-0.25, -0.2) is 0 Å². The van der Waals surface area contributed by atoms with E-state index in [0.717, 1.165) is 69.7 Å². The van der Waals surface area contributed by atoms with Crippen LogP contribution in [0.4, 0.5) is 0 Å². The van der Waals surface area contributed by atoms with Crippen LogP contribution in [0.5, 0.6) is 0 Å². The summed E-state index contributed by atoms with van der Waals surface area (Å²) in [6.07, 6.45) is 8.62. The third-order valence-corrected chi connectivity index (χ3v) is 8.24. The van der Waals surface area contributed by atoms with Crippen molar-refractivity contribution >= 4 is 5.91 Å². The van der Waals surface area contributed by atoms with Crippen LogP contribution in [0.25, 0.3) is 0 Å². The Balaban J connectivity index is 1.30. The summed E-state index contributed by atoms with van der Waals surface area (Å²) < 4.78 is 5.58. The molecule has 4 saturated carbocycles. The summed E-state index contributed by atoms with van der Waals surface area (Å²) in [7, 11) is 0. The number of ether oxygens (including phenoxy) is 1. The van der Waals surface area contributed by atoms with E-state index in [1.54, 1.807) is 0 Å². The minimum absolute atomic E-state index is 0.0591. The van der Waals surface area contributed by atoms with Crippen LogP contribution in [0.1, 0.15) is 62.6 Å². The monoisotopic (exact) mass is 396 g/mol. The van der Waals surface area contributed by atoms with Gasteiger partial charge in [-0.2, -0.15) is 0 Å². The highest BCUT2D eigenvalue weighted by Crippen LogP contribution is 2.60. The van der Waals surface area contributed by atoms with E-state index >= 15 is 0 Å². The average molecular weight is 397 g/mol. The van der Waals surface area contributed by atoms with Gasteiger partial charge in [0.05, 0.1) is 19.3 Å². The van der Waals surface area contributed by atoms with Crippen molar-refractivity contribution in [3.05, 3.63) is 35.4 Å². The predicted octanol–water partition coefficient (Wildman–Crippen LogP) is 3.95. The maximum Gasteiger partial charge on any atom is 0.226 e. The molecule has 1 heterocycles. The summed E-state index contributed by atoms with van der Waals surface area (Å²) in [5.41, 5.74) is 2.62. The third-order valence-electron chi connectivity index (χ3n) is 8.24. The molecule has 0 aromatic heterocycles. The Kier molecular flexibility index (Phi) is 5.42. The van der Waals surface area contributed by atoms with Gasteiger partial charge in [-0.1, -0.05) is 31.2 Å². The second kappa shape index (κ2) is 8.03. The van der Waals surface area contributed by atoms with Gasteiger partial charge in [-0.3, -0.25) is 9.69 Å². The number of benzene rings is 1. The molecule has 5 fully saturated rings. The zero-order valence-corrected chi connectivity index (χ0v) is 17.9. The van der Waals surface area contributed by atoms with E-state index in [4.69, 9.17) is 4.74 Å². The van der Waals surface area contributed by atoms with Gasteiger partial charge in [0.25, 0.3) is 0 Å². The Labute approximate surface area is 175 Å². The lowest BCUT2D eigenvalue weighted by Crippen LogP contribution is -2.54. The summed E-state index contributed by atoms with van der Waals surface area (Å²) >= 11 is 0. The molecule has 4 heteroatoms. The highest BCUT2D eigenvalue weighted by Gasteiger charge is 2.54. The second-order valence-corrected chi connectivity index (χ2v) is 10.2. The Morgan fingerprint density at radius 1 is 1.07 bits per heavy atom. The SMILES string of the molecule is CCc1ccc(C(CNC(=O)C23CC4CC(CC(C4)C2)C3)N2CCOCC2)cc1. The van der Waals surface area contributed by atoms with Crippen LogP contribution in [0, 0.1) is 23.2 Å². The van der Waals surface area contributed by atoms with Crippen molar-refractivity contribution in [1.82, 2.24) is 10.2 Å². The zero-order chi connectivity index (χ0) is 19.8. The third kappa shape index (κ3) is 3.86. The molecule has 1 unspecified atom stereocenters. The van der Waals surface area contributed by atoms with E-state index in [2.05, 4.69) is 41.4 Å². The Morgan fingerprint density at radius 3 is 2.21 bits per heavy atom. The first kappa shape index (κ1) is 19.6. The average Bonchev–Trinajstić information content (AvgIpc) is 2.74. The molecule has 29 heavy (non-hydrogen) atoms. The molecule has 158 valence electrons. The first-order chi connectivity index (χ1) is 14.1. The van der Waals surface area contributed by atoms with Gasteiger partial charge in [0, 0.05) is 25.0 Å². The molecule has 1 atom stereocenters. The molecule has 1 aromatic rings. The van der Waals surface area contributed by atoms with Gasteiger partial charge >= 0.3 is 0 Å². The van der Waals surface area contributed by atoms with Crippen LogP contribution >= 0.6 is 0 Å². The van der Waals surface area contributed by atoms with E-state index in [1.165, 1.54) is 30.4 Å². The molecule has 6 rings (SSSR count). The predicted molar refractivity (Wildman–Crippen MR) is 115 cm³/mol. The lowest BCUT2D eigenvalue weighted by molar-refractivity contribution is -0.146. The molecule has 0 spiro atoms. The van der Waals surface area contributed by atoms with Crippen LogP contribution in [-0.4, -0.2) is 43.7 Å². The minimum Gasteiger partial charge on any atom is -0.379 e. The summed E-state index contributed by atoms with van der Waals surface area (Å²) in [4.78, 5) is 16.0. The van der Waals surface area contributed by atoms with Crippen molar-refractivity contribution in [1.29, 1.82) is 0 Å². The van der Waals surface area contributed by atoms with Crippen molar-refractivity contribution in [2.75, 3.05) is 32.8 Å². The van der Waals surface area contributed by atoms with Gasteiger partial charge in [0.2, 0.25) is 5.91 Å². The Bertz CT molecular complexity index is 688. The summed E-state index contributed by atoms with van der Waals surface area (Å²) in [6.45, 7) is 6.35. The van der Waals surface area contributed by atoms with Crippen molar-refractivity contribution in [3.63, 3.8) is 0 Å². The van der Waals surface area contributed by atoms with Crippen LogP contribution < -0.4 is 5.32 Å². The largest absolute Gasteiger partial charge is 0.379 e. The number of carbonyl (C=O) groups is 1. The molecule has 1 aliphatic heterocycles. The van der Waals surface area contributed by atoms with Crippen molar-refractivity contribution in [2.45, 2.75) is 57.9 Å². The lowest BCUT2D eigenvalue weighted by Gasteiger charge is -2.55. The van der Waals surface area contributed by atoms with E-state index in [0.29, 0.717) is 12.5 Å². The zero-order valence-electron chi connectivity index (χ0n) is 17.9. The quantitative estimate of drug-likeness (QED) is 0.791. The van der Waals surface area contributed by atoms with Crippen molar-refractivity contribution in [2.24, 2.45) is 23.2 Å². The van der Waals surface area contributed by atoms with Crippen LogP contribution in [-0.2, 0) is 16.0 Å². The fourth-order valence-electron chi connectivity index (χ4n) is 7.09. The summed E-state index contributed by atoms with van der Waals surface area (Å²) in [6, 6.07) is 9.24. The van der Waals surface area contributed by atoms with Crippen LogP contribution in [0.3, 0.4) is 0 Å². The second-order valence-electron chi connectivity index (χ2n) is 10.2. The first-order valence-electron chi connectivity index (χ1n) is 11.8. The van der Waals surface area contributed by atoms with Gasteiger partial charge in [0.1, 0.15) is 0 Å². The molecular weight excluding hydrogens is 360 g/mol. The van der Waals surface area contributed by atoms with E-state index < -0.39 is 0 Å². The molecule has 1 amide bonds. The Morgan fingerprint density at radius 2 is 1.66 bits per heavy atom. The van der Waals surface area contributed by atoms with Crippen LogP contribution in [0.15, 0.2) is 24.3 Å². The smallest absolute Gasteiger partial charge is 0.226 e. The number of carbonyl (C=O) groups excluding carboxylic acids is 1. The molecule has 5 aliphatic rings. The molecule has 4 nitrogen and oxygen atoms in total. The van der Waals surface area contributed by atoms with E-state index in [-0.39, 0.29) is 11.5 Å². The van der Waals surface area contributed by atoms with Crippen molar-refractivity contribution in [3.8, 4) is 0 Å². The number of rotatable bonds is 6. The molecule has 1 N–H and O–H groups in total. The Hall–Kier alpha value is -1.39. The number of nitrogens with one attached hydrogen (secondary N) is 1. The van der Waals surface area contributed by atoms with E-state index in [9.17, 15) is 4.79 Å². The van der Waals surface area contributed by atoms with Gasteiger partial charge in [-0.15, -0.1) is 0 Å². The number of hydrogen-bond donors (Lipinski definition) is 1. The summed E-state index contributed by atoms with van der Waals surface area (Å²) in [5, 5.41) is 3.44. The van der Waals surface area contributed by atoms with Crippen LogP contribution in [0.2, 0.25) is 0 Å². The molecule has 4 bridgehead atoms. The number of amides is 1. The summed E-state index contributed by atoms with van der Waals surface area (Å²) in [5.74, 6) is 2.77. The maximum atomic E-state index is 13.5. The first-order valence-corrected chi connectivity index (χ1v) is 11.8. The molecule has 4 aliphatic carbocycles. The number of hydrogen-bond acceptors (Lipinski definition) is 3. The molecule has 1 saturated heterocycles. The maximum absolute atomic E-state index is 13.5. The number of morpholine rings is 1. The standard InChI is InChI=1S/C25H36N2O2/c1-2-18-3-5-22(6-4-18)23(27-7-9-29-10-8-27)17-26-24(28)25-14-19-11-20(15-25)13-21(12-19)16-25/h3-6,19-21,23H,2,7-17H2,1H3,(H,26,28). The fraction of sp³-hybridized carbons (Fsp3) is 0.720. The highest BCUT2D eigenvalue weighted by molar-refractivity contribution is 5.83. The van der Waals surface area contributed by atoms with Gasteiger partial charge in [-0.05, 0) is 73.8 Å².